The molecule has 1 heterocycles. The second-order valence-electron chi connectivity index (χ2n) is 5.87. The molecule has 1 aromatic heterocycles. The molecule has 1 saturated carbocycles. The molecule has 3 rings (SSSR count). The van der Waals surface area contributed by atoms with Gasteiger partial charge in [0.1, 0.15) is 0 Å². The second-order valence-corrected chi connectivity index (χ2v) is 5.87. The molecule has 5 nitrogen and oxygen atoms in total. The lowest BCUT2D eigenvalue weighted by Gasteiger charge is -2.22. The summed E-state index contributed by atoms with van der Waals surface area (Å²) in [5, 5.41) is 8.35. The Morgan fingerprint density at radius 1 is 1.29 bits per heavy atom. The Morgan fingerprint density at radius 3 is 2.90 bits per heavy atom. The number of carbonyl (C=O) groups is 1. The van der Waals surface area contributed by atoms with Crippen molar-refractivity contribution in [2.24, 2.45) is 12.8 Å². The summed E-state index contributed by atoms with van der Waals surface area (Å²) in [5.74, 6) is -0.117. The SMILES string of the molecule is Cn1nc(C(=O)NC2CCCCCC2N)c2ccccc21. The van der Waals surface area contributed by atoms with Gasteiger partial charge in [-0.1, -0.05) is 37.5 Å². The van der Waals surface area contributed by atoms with Crippen LogP contribution in [0.1, 0.15) is 42.6 Å². The van der Waals surface area contributed by atoms with Gasteiger partial charge in [0.2, 0.25) is 0 Å². The van der Waals surface area contributed by atoms with Crippen LogP contribution in [0.3, 0.4) is 0 Å². The summed E-state index contributed by atoms with van der Waals surface area (Å²) in [6.07, 6.45) is 5.42. The van der Waals surface area contributed by atoms with Crippen molar-refractivity contribution in [2.75, 3.05) is 0 Å². The molecule has 0 spiro atoms. The third-order valence-electron chi connectivity index (χ3n) is 4.36. The molecular formula is C16H22N4O. The maximum atomic E-state index is 12.6. The van der Waals surface area contributed by atoms with Crippen molar-refractivity contribution >= 4 is 16.8 Å². The maximum Gasteiger partial charge on any atom is 0.272 e. The first-order chi connectivity index (χ1) is 10.2. The van der Waals surface area contributed by atoms with E-state index < -0.39 is 0 Å². The fourth-order valence-electron chi connectivity index (χ4n) is 3.13. The average molecular weight is 286 g/mol. The van der Waals surface area contributed by atoms with E-state index in [4.69, 9.17) is 5.73 Å². The summed E-state index contributed by atoms with van der Waals surface area (Å²) < 4.78 is 1.75. The van der Waals surface area contributed by atoms with Crippen molar-refractivity contribution in [1.82, 2.24) is 15.1 Å². The zero-order valence-corrected chi connectivity index (χ0v) is 12.4. The number of para-hydroxylation sites is 1. The second kappa shape index (κ2) is 5.85. The summed E-state index contributed by atoms with van der Waals surface area (Å²) in [6.45, 7) is 0. The van der Waals surface area contributed by atoms with Crippen LogP contribution in [0, 0.1) is 0 Å². The van der Waals surface area contributed by atoms with Crippen LogP contribution in [0.25, 0.3) is 10.9 Å². The van der Waals surface area contributed by atoms with E-state index >= 15 is 0 Å². The van der Waals surface area contributed by atoms with Gasteiger partial charge in [0.25, 0.3) is 5.91 Å². The number of amides is 1. The number of carbonyl (C=O) groups excluding carboxylic acids is 1. The molecule has 2 aromatic rings. The largest absolute Gasteiger partial charge is 0.346 e. The van der Waals surface area contributed by atoms with Gasteiger partial charge in [0.05, 0.1) is 5.52 Å². The highest BCUT2D eigenvalue weighted by Crippen LogP contribution is 2.20. The minimum atomic E-state index is -0.117. The summed E-state index contributed by atoms with van der Waals surface area (Å²) in [5.41, 5.74) is 7.64. The Morgan fingerprint density at radius 2 is 2.05 bits per heavy atom. The molecule has 0 bridgehead atoms. The number of nitrogens with one attached hydrogen (secondary N) is 1. The Labute approximate surface area is 124 Å². The van der Waals surface area contributed by atoms with Crippen LogP contribution in [0.4, 0.5) is 0 Å². The van der Waals surface area contributed by atoms with Gasteiger partial charge in [0, 0.05) is 24.5 Å². The summed E-state index contributed by atoms with van der Waals surface area (Å²) >= 11 is 0. The molecule has 1 aliphatic carbocycles. The highest BCUT2D eigenvalue weighted by atomic mass is 16.2. The lowest BCUT2D eigenvalue weighted by atomic mass is 10.0. The third kappa shape index (κ3) is 2.78. The third-order valence-corrected chi connectivity index (χ3v) is 4.36. The highest BCUT2D eigenvalue weighted by molar-refractivity contribution is 6.04. The normalized spacial score (nSPS) is 23.0. The summed E-state index contributed by atoms with van der Waals surface area (Å²) in [4.78, 5) is 12.6. The number of hydrogen-bond donors (Lipinski definition) is 2. The minimum absolute atomic E-state index is 0.0476. The number of fused-ring (bicyclic) bond motifs is 1. The van der Waals surface area contributed by atoms with Crippen LogP contribution in [-0.4, -0.2) is 27.8 Å². The molecule has 0 saturated heterocycles. The van der Waals surface area contributed by atoms with Crippen LogP contribution in [0.15, 0.2) is 24.3 Å². The fourth-order valence-corrected chi connectivity index (χ4v) is 3.13. The molecule has 2 atom stereocenters. The van der Waals surface area contributed by atoms with Gasteiger partial charge in [-0.3, -0.25) is 9.48 Å². The molecule has 0 radical (unpaired) electrons. The van der Waals surface area contributed by atoms with Crippen molar-refractivity contribution in [2.45, 2.75) is 44.2 Å². The molecular weight excluding hydrogens is 264 g/mol. The van der Waals surface area contributed by atoms with E-state index in [1.54, 1.807) is 4.68 Å². The van der Waals surface area contributed by atoms with E-state index in [0.29, 0.717) is 5.69 Å². The van der Waals surface area contributed by atoms with Crippen LogP contribution < -0.4 is 11.1 Å². The van der Waals surface area contributed by atoms with Crippen LogP contribution >= 0.6 is 0 Å². The van der Waals surface area contributed by atoms with E-state index in [9.17, 15) is 4.79 Å². The highest BCUT2D eigenvalue weighted by Gasteiger charge is 2.24. The van der Waals surface area contributed by atoms with E-state index in [-0.39, 0.29) is 18.0 Å². The van der Waals surface area contributed by atoms with E-state index in [2.05, 4.69) is 10.4 Å². The Hall–Kier alpha value is -1.88. The van der Waals surface area contributed by atoms with Crippen LogP contribution in [-0.2, 0) is 7.05 Å². The number of rotatable bonds is 2. The first-order valence-corrected chi connectivity index (χ1v) is 7.65. The number of aryl methyl sites for hydroxylation is 1. The molecule has 2 unspecified atom stereocenters. The number of hydrogen-bond acceptors (Lipinski definition) is 3. The monoisotopic (exact) mass is 286 g/mol. The van der Waals surface area contributed by atoms with E-state index in [1.807, 2.05) is 31.3 Å². The first kappa shape index (κ1) is 14.1. The minimum Gasteiger partial charge on any atom is -0.346 e. The standard InChI is InChI=1S/C16H22N4O/c1-20-14-10-6-5-7-11(14)15(19-20)16(21)18-13-9-4-2-3-8-12(13)17/h5-7,10,12-13H,2-4,8-9,17H2,1H3,(H,18,21). The first-order valence-electron chi connectivity index (χ1n) is 7.65. The molecule has 21 heavy (non-hydrogen) atoms. The number of nitrogens with zero attached hydrogens (tertiary/aromatic N) is 2. The number of benzene rings is 1. The smallest absolute Gasteiger partial charge is 0.272 e. The van der Waals surface area contributed by atoms with Gasteiger partial charge in [0.15, 0.2) is 5.69 Å². The average Bonchev–Trinajstić information content (AvgIpc) is 2.69. The lowest BCUT2D eigenvalue weighted by Crippen LogP contribution is -2.47. The van der Waals surface area contributed by atoms with Gasteiger partial charge in [-0.2, -0.15) is 5.10 Å². The summed E-state index contributed by atoms with van der Waals surface area (Å²) in [7, 11) is 1.86. The van der Waals surface area contributed by atoms with Gasteiger partial charge in [-0.25, -0.2) is 0 Å². The number of aromatic nitrogens is 2. The molecule has 3 N–H and O–H groups in total. The zero-order chi connectivity index (χ0) is 14.8. The van der Waals surface area contributed by atoms with Gasteiger partial charge in [-0.05, 0) is 18.9 Å². The van der Waals surface area contributed by atoms with Crippen LogP contribution in [0.2, 0.25) is 0 Å². The molecule has 0 aliphatic heterocycles. The molecule has 112 valence electrons. The van der Waals surface area contributed by atoms with Crippen molar-refractivity contribution in [1.29, 1.82) is 0 Å². The predicted octanol–water partition coefficient (Wildman–Crippen LogP) is 1.96. The van der Waals surface area contributed by atoms with E-state index in [1.165, 1.54) is 6.42 Å². The van der Waals surface area contributed by atoms with Crippen molar-refractivity contribution < 1.29 is 4.79 Å². The Kier molecular flexibility index (Phi) is 3.92. The number of nitrogens with two attached hydrogens (primary N) is 1. The predicted molar refractivity (Wildman–Crippen MR) is 83.0 cm³/mol. The Bertz CT molecular complexity index is 649. The van der Waals surface area contributed by atoms with Gasteiger partial charge < -0.3 is 11.1 Å². The summed E-state index contributed by atoms with van der Waals surface area (Å²) in [6, 6.07) is 7.89. The van der Waals surface area contributed by atoms with E-state index in [0.717, 1.165) is 36.6 Å². The molecule has 1 aromatic carbocycles. The molecule has 1 aliphatic rings. The quantitative estimate of drug-likeness (QED) is 0.829. The van der Waals surface area contributed by atoms with Crippen molar-refractivity contribution in [3.05, 3.63) is 30.0 Å². The Balaban J connectivity index is 1.83. The van der Waals surface area contributed by atoms with Crippen molar-refractivity contribution in [3.8, 4) is 0 Å². The molecule has 1 fully saturated rings. The fraction of sp³-hybridized carbons (Fsp3) is 0.500. The van der Waals surface area contributed by atoms with Crippen LogP contribution in [0.5, 0.6) is 0 Å². The van der Waals surface area contributed by atoms with Crippen molar-refractivity contribution in [3.63, 3.8) is 0 Å². The topological polar surface area (TPSA) is 72.9 Å². The van der Waals surface area contributed by atoms with Gasteiger partial charge >= 0.3 is 0 Å². The van der Waals surface area contributed by atoms with Gasteiger partial charge in [-0.15, -0.1) is 0 Å². The molecule has 1 amide bonds. The zero-order valence-electron chi connectivity index (χ0n) is 12.4. The maximum absolute atomic E-state index is 12.6. The molecule has 5 heteroatoms. The lowest BCUT2D eigenvalue weighted by molar-refractivity contribution is 0.0924.